The molecule has 0 saturated carbocycles. The first-order valence-corrected chi connectivity index (χ1v) is 8.54. The Morgan fingerprint density at radius 1 is 1.19 bits per heavy atom. The summed E-state index contributed by atoms with van der Waals surface area (Å²) in [4.78, 5) is 25.1. The maximum absolute atomic E-state index is 12.9. The number of para-hydroxylation sites is 2. The zero-order chi connectivity index (χ0) is 18.8. The van der Waals surface area contributed by atoms with E-state index < -0.39 is 6.04 Å². The van der Waals surface area contributed by atoms with Gasteiger partial charge in [-0.05, 0) is 17.7 Å². The molecule has 7 nitrogen and oxygen atoms in total. The van der Waals surface area contributed by atoms with Crippen molar-refractivity contribution in [2.45, 2.75) is 12.5 Å². The Balaban J connectivity index is 1.67. The van der Waals surface area contributed by atoms with Gasteiger partial charge in [-0.1, -0.05) is 42.5 Å². The van der Waals surface area contributed by atoms with E-state index in [9.17, 15) is 9.59 Å². The summed E-state index contributed by atoms with van der Waals surface area (Å²) < 4.78 is 6.83. The molecule has 2 aromatic carbocycles. The Morgan fingerprint density at radius 2 is 1.93 bits per heavy atom. The fourth-order valence-electron chi connectivity index (χ4n) is 3.16. The highest BCUT2D eigenvalue weighted by molar-refractivity contribution is 6.03. The summed E-state index contributed by atoms with van der Waals surface area (Å²) >= 11 is 0. The van der Waals surface area contributed by atoms with Gasteiger partial charge in [-0.3, -0.25) is 9.59 Å². The second-order valence-electron chi connectivity index (χ2n) is 6.18. The minimum absolute atomic E-state index is 0.0178. The van der Waals surface area contributed by atoms with E-state index in [4.69, 9.17) is 4.74 Å². The second-order valence-corrected chi connectivity index (χ2v) is 6.18. The third-order valence-electron chi connectivity index (χ3n) is 4.48. The minimum Gasteiger partial charge on any atom is -0.495 e. The molecule has 0 aliphatic carbocycles. The maximum Gasteiger partial charge on any atom is 0.249 e. The van der Waals surface area contributed by atoms with Crippen molar-refractivity contribution in [1.82, 2.24) is 9.78 Å². The highest BCUT2D eigenvalue weighted by Crippen LogP contribution is 2.34. The number of rotatable bonds is 4. The van der Waals surface area contributed by atoms with E-state index in [-0.39, 0.29) is 18.2 Å². The highest BCUT2D eigenvalue weighted by Gasteiger charge is 2.33. The molecule has 2 amide bonds. The molecular weight excluding hydrogens is 344 g/mol. The molecule has 2 heterocycles. The zero-order valence-corrected chi connectivity index (χ0v) is 14.7. The lowest BCUT2D eigenvalue weighted by Crippen LogP contribution is -2.35. The zero-order valence-electron chi connectivity index (χ0n) is 14.7. The summed E-state index contributed by atoms with van der Waals surface area (Å²) in [5.74, 6) is 0.535. The number of hydrogen-bond acceptors (Lipinski definition) is 4. The molecule has 1 aromatic heterocycles. The van der Waals surface area contributed by atoms with Crippen LogP contribution in [-0.2, 0) is 9.59 Å². The normalized spacial score (nSPS) is 15.6. The van der Waals surface area contributed by atoms with Crippen LogP contribution in [0, 0.1) is 0 Å². The van der Waals surface area contributed by atoms with Crippen LogP contribution in [-0.4, -0.2) is 28.7 Å². The van der Waals surface area contributed by atoms with Crippen LogP contribution >= 0.6 is 0 Å². The highest BCUT2D eigenvalue weighted by atomic mass is 16.5. The molecule has 1 aliphatic rings. The number of amides is 2. The number of methoxy groups -OCH3 is 1. The van der Waals surface area contributed by atoms with Crippen molar-refractivity contribution < 1.29 is 14.3 Å². The average molecular weight is 362 g/mol. The van der Waals surface area contributed by atoms with E-state index >= 15 is 0 Å². The van der Waals surface area contributed by atoms with E-state index in [2.05, 4.69) is 15.7 Å². The van der Waals surface area contributed by atoms with Gasteiger partial charge in [0.05, 0.1) is 25.4 Å². The monoisotopic (exact) mass is 362 g/mol. The summed E-state index contributed by atoms with van der Waals surface area (Å²) in [6.45, 7) is 0. The third-order valence-corrected chi connectivity index (χ3v) is 4.48. The molecule has 4 rings (SSSR count). The summed E-state index contributed by atoms with van der Waals surface area (Å²) in [7, 11) is 1.54. The second kappa shape index (κ2) is 6.95. The number of carbonyl (C=O) groups is 2. The summed E-state index contributed by atoms with van der Waals surface area (Å²) in [6, 6.07) is 16.0. The van der Waals surface area contributed by atoms with Crippen LogP contribution in [0.5, 0.6) is 5.75 Å². The van der Waals surface area contributed by atoms with Crippen LogP contribution in [0.1, 0.15) is 12.5 Å². The molecular formula is C20H18N4O3. The molecule has 0 saturated heterocycles. The van der Waals surface area contributed by atoms with Crippen LogP contribution in [0.25, 0.3) is 11.1 Å². The molecule has 136 valence electrons. The molecule has 1 aliphatic heterocycles. The van der Waals surface area contributed by atoms with Crippen LogP contribution < -0.4 is 15.4 Å². The first kappa shape index (κ1) is 16.8. The van der Waals surface area contributed by atoms with Crippen LogP contribution in [0.2, 0.25) is 0 Å². The van der Waals surface area contributed by atoms with Gasteiger partial charge >= 0.3 is 0 Å². The number of anilines is 2. The maximum atomic E-state index is 12.9. The molecule has 7 heteroatoms. The average Bonchev–Trinajstić information content (AvgIpc) is 3.12. The Morgan fingerprint density at radius 3 is 2.70 bits per heavy atom. The molecule has 0 bridgehead atoms. The van der Waals surface area contributed by atoms with Gasteiger partial charge in [-0.2, -0.15) is 5.10 Å². The van der Waals surface area contributed by atoms with Gasteiger partial charge in [-0.25, -0.2) is 4.68 Å². The van der Waals surface area contributed by atoms with Crippen LogP contribution in [0.4, 0.5) is 11.5 Å². The lowest BCUT2D eigenvalue weighted by atomic mass is 10.1. The number of carbonyl (C=O) groups excluding carboxylic acids is 2. The van der Waals surface area contributed by atoms with Crippen molar-refractivity contribution in [1.29, 1.82) is 0 Å². The lowest BCUT2D eigenvalue weighted by Gasteiger charge is -2.25. The van der Waals surface area contributed by atoms with Gasteiger partial charge in [0.2, 0.25) is 11.8 Å². The number of aromatic nitrogens is 2. The standard InChI is InChI=1S/C20H18N4O3/c1-27-17-10-6-5-9-15(17)22-20(26)16-11-18(25)23-19-14(12-21-24(16)19)13-7-3-2-4-8-13/h2-10,12,16H,11H2,1H3,(H,22,26)(H,23,25). The smallest absolute Gasteiger partial charge is 0.249 e. The number of fused-ring (bicyclic) bond motifs is 1. The molecule has 0 radical (unpaired) electrons. The van der Waals surface area contributed by atoms with Gasteiger partial charge in [0, 0.05) is 5.56 Å². The Labute approximate surface area is 156 Å². The fraction of sp³-hybridized carbons (Fsp3) is 0.150. The molecule has 3 aromatic rings. The molecule has 1 unspecified atom stereocenters. The van der Waals surface area contributed by atoms with E-state index in [0.717, 1.165) is 11.1 Å². The Hall–Kier alpha value is -3.61. The Bertz CT molecular complexity index is 997. The fourth-order valence-corrected chi connectivity index (χ4v) is 3.16. The van der Waals surface area contributed by atoms with Crippen molar-refractivity contribution >= 4 is 23.3 Å². The number of benzene rings is 2. The molecule has 1 atom stereocenters. The van der Waals surface area contributed by atoms with Crippen molar-refractivity contribution in [3.05, 3.63) is 60.8 Å². The van der Waals surface area contributed by atoms with Crippen molar-refractivity contribution in [3.8, 4) is 16.9 Å². The van der Waals surface area contributed by atoms with Crippen molar-refractivity contribution in [3.63, 3.8) is 0 Å². The minimum atomic E-state index is -0.740. The number of nitrogens with one attached hydrogen (secondary N) is 2. The van der Waals surface area contributed by atoms with E-state index in [1.165, 1.54) is 7.11 Å². The first-order chi connectivity index (χ1) is 13.2. The van der Waals surface area contributed by atoms with Gasteiger partial charge in [0.25, 0.3) is 0 Å². The summed E-state index contributed by atoms with van der Waals surface area (Å²) in [5, 5.41) is 10.0. The number of ether oxygens (including phenoxy) is 1. The molecule has 0 fully saturated rings. The first-order valence-electron chi connectivity index (χ1n) is 8.54. The molecule has 2 N–H and O–H groups in total. The van der Waals surface area contributed by atoms with E-state index in [0.29, 0.717) is 17.3 Å². The predicted molar refractivity (Wildman–Crippen MR) is 102 cm³/mol. The lowest BCUT2D eigenvalue weighted by molar-refractivity contribution is -0.125. The van der Waals surface area contributed by atoms with Gasteiger partial charge in [-0.15, -0.1) is 0 Å². The Kier molecular flexibility index (Phi) is 4.33. The van der Waals surface area contributed by atoms with Gasteiger partial charge < -0.3 is 15.4 Å². The largest absolute Gasteiger partial charge is 0.495 e. The number of hydrogen-bond donors (Lipinski definition) is 2. The van der Waals surface area contributed by atoms with Gasteiger partial charge in [0.15, 0.2) is 0 Å². The molecule has 0 spiro atoms. The quantitative estimate of drug-likeness (QED) is 0.747. The van der Waals surface area contributed by atoms with Crippen LogP contribution in [0.3, 0.4) is 0 Å². The predicted octanol–water partition coefficient (Wildman–Crippen LogP) is 3.08. The van der Waals surface area contributed by atoms with Crippen molar-refractivity contribution in [2.75, 3.05) is 17.7 Å². The molecule has 27 heavy (non-hydrogen) atoms. The SMILES string of the molecule is COc1ccccc1NC(=O)C1CC(=O)Nc2c(-c3ccccc3)cnn21. The van der Waals surface area contributed by atoms with Crippen LogP contribution in [0.15, 0.2) is 60.8 Å². The number of nitrogens with zero attached hydrogens (tertiary/aromatic N) is 2. The summed E-state index contributed by atoms with van der Waals surface area (Å²) in [5.41, 5.74) is 2.25. The summed E-state index contributed by atoms with van der Waals surface area (Å²) in [6.07, 6.45) is 1.68. The third kappa shape index (κ3) is 3.15. The van der Waals surface area contributed by atoms with E-state index in [1.807, 2.05) is 36.4 Å². The van der Waals surface area contributed by atoms with Gasteiger partial charge in [0.1, 0.15) is 17.6 Å². The van der Waals surface area contributed by atoms with E-state index in [1.54, 1.807) is 29.1 Å². The topological polar surface area (TPSA) is 85.2 Å². The van der Waals surface area contributed by atoms with Crippen molar-refractivity contribution in [2.24, 2.45) is 0 Å².